The lowest BCUT2D eigenvalue weighted by Crippen LogP contribution is -2.01. The van der Waals surface area contributed by atoms with E-state index in [-0.39, 0.29) is 0 Å². The number of aryl methyl sites for hydroxylation is 2. The second kappa shape index (κ2) is 5.95. The molecule has 0 saturated heterocycles. The molecular formula is C17H21N3. The Balaban J connectivity index is 1.74. The van der Waals surface area contributed by atoms with Crippen LogP contribution in [0.1, 0.15) is 30.9 Å². The van der Waals surface area contributed by atoms with Crippen LogP contribution in [0.3, 0.4) is 0 Å². The molecule has 3 nitrogen and oxygen atoms in total. The second-order valence-electron chi connectivity index (χ2n) is 5.35. The van der Waals surface area contributed by atoms with Gasteiger partial charge in [0.25, 0.3) is 0 Å². The number of rotatable bonds is 5. The topological polar surface area (TPSA) is 37.0 Å². The van der Waals surface area contributed by atoms with E-state index < -0.39 is 0 Å². The van der Waals surface area contributed by atoms with Crippen LogP contribution in [0.15, 0.2) is 36.7 Å². The molecule has 0 aliphatic heterocycles. The van der Waals surface area contributed by atoms with E-state index in [0.717, 1.165) is 30.0 Å². The van der Waals surface area contributed by atoms with Gasteiger partial charge in [-0.2, -0.15) is 0 Å². The zero-order valence-corrected chi connectivity index (χ0v) is 11.9. The molecule has 0 atom stereocenters. The maximum absolute atomic E-state index is 4.28. The molecule has 0 bridgehead atoms. The van der Waals surface area contributed by atoms with Gasteiger partial charge in [-0.3, -0.25) is 4.98 Å². The number of aromatic nitrogens is 1. The second-order valence-corrected chi connectivity index (χ2v) is 5.35. The van der Waals surface area contributed by atoms with Crippen LogP contribution in [0.5, 0.6) is 0 Å². The molecule has 0 radical (unpaired) electrons. The molecule has 0 fully saturated rings. The van der Waals surface area contributed by atoms with E-state index in [1.165, 1.54) is 30.4 Å². The molecule has 1 aliphatic carbocycles. The standard InChI is InChI=1S/C17H21N3/c1-2-8-19-16-10-17(12-18-11-16)20-15-7-6-13-4-3-5-14(13)9-15/h6-7,9-12,19-20H,2-5,8H2,1H3. The van der Waals surface area contributed by atoms with E-state index in [4.69, 9.17) is 0 Å². The van der Waals surface area contributed by atoms with Gasteiger partial charge in [-0.25, -0.2) is 0 Å². The summed E-state index contributed by atoms with van der Waals surface area (Å²) in [5.74, 6) is 0. The van der Waals surface area contributed by atoms with Gasteiger partial charge in [0.1, 0.15) is 0 Å². The van der Waals surface area contributed by atoms with Crippen molar-refractivity contribution in [3.63, 3.8) is 0 Å². The Kier molecular flexibility index (Phi) is 3.86. The van der Waals surface area contributed by atoms with E-state index in [0.29, 0.717) is 0 Å². The summed E-state index contributed by atoms with van der Waals surface area (Å²) in [6.07, 6.45) is 8.57. The maximum Gasteiger partial charge on any atom is 0.0591 e. The van der Waals surface area contributed by atoms with Crippen molar-refractivity contribution in [1.29, 1.82) is 0 Å². The van der Waals surface area contributed by atoms with E-state index in [1.807, 2.05) is 12.4 Å². The summed E-state index contributed by atoms with van der Waals surface area (Å²) in [7, 11) is 0. The molecule has 2 N–H and O–H groups in total. The van der Waals surface area contributed by atoms with E-state index in [1.54, 1.807) is 0 Å². The summed E-state index contributed by atoms with van der Waals surface area (Å²) in [4.78, 5) is 4.28. The van der Waals surface area contributed by atoms with Crippen LogP contribution < -0.4 is 10.6 Å². The van der Waals surface area contributed by atoms with Crippen LogP contribution in [0.2, 0.25) is 0 Å². The average molecular weight is 267 g/mol. The van der Waals surface area contributed by atoms with Gasteiger partial charge < -0.3 is 10.6 Å². The smallest absolute Gasteiger partial charge is 0.0591 e. The molecule has 0 unspecified atom stereocenters. The predicted molar refractivity (Wildman–Crippen MR) is 84.8 cm³/mol. The zero-order valence-electron chi connectivity index (χ0n) is 11.9. The Bertz CT molecular complexity index is 593. The molecule has 0 amide bonds. The van der Waals surface area contributed by atoms with Gasteiger partial charge in [0.05, 0.1) is 23.8 Å². The third kappa shape index (κ3) is 2.93. The van der Waals surface area contributed by atoms with E-state index in [2.05, 4.69) is 46.8 Å². The summed E-state index contributed by atoms with van der Waals surface area (Å²) in [6.45, 7) is 3.14. The molecule has 1 aromatic heterocycles. The Labute approximate surface area is 120 Å². The number of hydrogen-bond donors (Lipinski definition) is 2. The number of fused-ring (bicyclic) bond motifs is 1. The Morgan fingerprint density at radius 2 is 1.85 bits per heavy atom. The summed E-state index contributed by atoms with van der Waals surface area (Å²) >= 11 is 0. The van der Waals surface area contributed by atoms with Gasteiger partial charge in [0.15, 0.2) is 0 Å². The monoisotopic (exact) mass is 267 g/mol. The fraction of sp³-hybridized carbons (Fsp3) is 0.353. The number of nitrogens with one attached hydrogen (secondary N) is 2. The van der Waals surface area contributed by atoms with E-state index in [9.17, 15) is 0 Å². The first-order chi connectivity index (χ1) is 9.85. The third-order valence-electron chi connectivity index (χ3n) is 3.70. The minimum Gasteiger partial charge on any atom is -0.384 e. The van der Waals surface area contributed by atoms with Crippen LogP contribution in [-0.2, 0) is 12.8 Å². The van der Waals surface area contributed by atoms with Crippen LogP contribution in [0.25, 0.3) is 0 Å². The summed E-state index contributed by atoms with van der Waals surface area (Å²) in [5.41, 5.74) is 6.25. The SMILES string of the molecule is CCCNc1cncc(Nc2ccc3c(c2)CCC3)c1. The Morgan fingerprint density at radius 3 is 2.75 bits per heavy atom. The summed E-state index contributed by atoms with van der Waals surface area (Å²) in [6, 6.07) is 8.79. The molecule has 20 heavy (non-hydrogen) atoms. The summed E-state index contributed by atoms with van der Waals surface area (Å²) in [5, 5.41) is 6.81. The molecule has 1 heterocycles. The number of hydrogen-bond acceptors (Lipinski definition) is 3. The van der Waals surface area contributed by atoms with Crippen molar-refractivity contribution in [2.75, 3.05) is 17.2 Å². The highest BCUT2D eigenvalue weighted by Gasteiger charge is 2.10. The average Bonchev–Trinajstić information content (AvgIpc) is 2.93. The quantitative estimate of drug-likeness (QED) is 0.855. The highest BCUT2D eigenvalue weighted by atomic mass is 14.9. The molecule has 104 valence electrons. The molecule has 3 rings (SSSR count). The third-order valence-corrected chi connectivity index (χ3v) is 3.70. The number of pyridine rings is 1. The Hall–Kier alpha value is -2.03. The van der Waals surface area contributed by atoms with Gasteiger partial charge in [-0.15, -0.1) is 0 Å². The lowest BCUT2D eigenvalue weighted by Gasteiger charge is -2.10. The molecule has 3 heteroatoms. The van der Waals surface area contributed by atoms with Crippen LogP contribution in [0, 0.1) is 0 Å². The minimum absolute atomic E-state index is 0.976. The molecule has 1 aromatic carbocycles. The number of anilines is 3. The lowest BCUT2D eigenvalue weighted by atomic mass is 10.1. The van der Waals surface area contributed by atoms with Gasteiger partial charge in [0, 0.05) is 12.2 Å². The van der Waals surface area contributed by atoms with E-state index >= 15 is 0 Å². The van der Waals surface area contributed by atoms with Gasteiger partial charge in [-0.1, -0.05) is 13.0 Å². The summed E-state index contributed by atoms with van der Waals surface area (Å²) < 4.78 is 0. The molecule has 2 aromatic rings. The normalized spacial score (nSPS) is 13.1. The van der Waals surface area contributed by atoms with Crippen LogP contribution >= 0.6 is 0 Å². The van der Waals surface area contributed by atoms with Crippen molar-refractivity contribution in [3.8, 4) is 0 Å². The zero-order chi connectivity index (χ0) is 13.8. The van der Waals surface area contributed by atoms with Gasteiger partial charge in [0.2, 0.25) is 0 Å². The number of benzene rings is 1. The van der Waals surface area contributed by atoms with Crippen LogP contribution in [-0.4, -0.2) is 11.5 Å². The highest BCUT2D eigenvalue weighted by molar-refractivity contribution is 5.64. The lowest BCUT2D eigenvalue weighted by molar-refractivity contribution is 0.912. The number of nitrogens with zero attached hydrogens (tertiary/aromatic N) is 1. The fourth-order valence-corrected chi connectivity index (χ4v) is 2.69. The van der Waals surface area contributed by atoms with Crippen molar-refractivity contribution >= 4 is 17.1 Å². The predicted octanol–water partition coefficient (Wildman–Crippen LogP) is 4.14. The first kappa shape index (κ1) is 13.0. The highest BCUT2D eigenvalue weighted by Crippen LogP contribution is 2.27. The molecule has 0 spiro atoms. The van der Waals surface area contributed by atoms with Gasteiger partial charge >= 0.3 is 0 Å². The Morgan fingerprint density at radius 1 is 1.00 bits per heavy atom. The van der Waals surface area contributed by atoms with Crippen molar-refractivity contribution < 1.29 is 0 Å². The largest absolute Gasteiger partial charge is 0.384 e. The first-order valence-electron chi connectivity index (χ1n) is 7.43. The first-order valence-corrected chi connectivity index (χ1v) is 7.43. The van der Waals surface area contributed by atoms with Crippen molar-refractivity contribution in [1.82, 2.24) is 4.98 Å². The molecule has 1 aliphatic rings. The maximum atomic E-state index is 4.28. The van der Waals surface area contributed by atoms with Crippen molar-refractivity contribution in [3.05, 3.63) is 47.8 Å². The fourth-order valence-electron chi connectivity index (χ4n) is 2.69. The molecular weight excluding hydrogens is 246 g/mol. The molecule has 0 saturated carbocycles. The van der Waals surface area contributed by atoms with Crippen molar-refractivity contribution in [2.45, 2.75) is 32.6 Å². The minimum atomic E-state index is 0.976. The van der Waals surface area contributed by atoms with Crippen molar-refractivity contribution in [2.24, 2.45) is 0 Å². The van der Waals surface area contributed by atoms with Crippen LogP contribution in [0.4, 0.5) is 17.1 Å². The van der Waals surface area contributed by atoms with Gasteiger partial charge in [-0.05, 0) is 55.0 Å².